The molecule has 0 radical (unpaired) electrons. The number of amides is 3. The third kappa shape index (κ3) is 5.40. The van der Waals surface area contributed by atoms with Gasteiger partial charge in [-0.1, -0.05) is 17.7 Å². The van der Waals surface area contributed by atoms with Gasteiger partial charge in [0.25, 0.3) is 17.7 Å². The topological polar surface area (TPSA) is 115 Å². The summed E-state index contributed by atoms with van der Waals surface area (Å²) in [7, 11) is 4.31. The smallest absolute Gasteiger partial charge is 0.269 e. The Morgan fingerprint density at radius 1 is 0.833 bits per heavy atom. The van der Waals surface area contributed by atoms with Gasteiger partial charge in [-0.05, 0) is 38.1 Å². The normalized spacial score (nSPS) is 11.1. The quantitative estimate of drug-likeness (QED) is 0.592. The summed E-state index contributed by atoms with van der Waals surface area (Å²) < 4.78 is 15.6. The highest BCUT2D eigenvalue weighted by Gasteiger charge is 2.20. The van der Waals surface area contributed by atoms with Crippen LogP contribution < -0.4 is 30.4 Å². The van der Waals surface area contributed by atoms with Crippen molar-refractivity contribution in [3.8, 4) is 17.2 Å². The number of benzene rings is 2. The van der Waals surface area contributed by atoms with Gasteiger partial charge in [0, 0.05) is 11.1 Å². The number of carbonyl (C=O) groups is 3. The lowest BCUT2D eigenvalue weighted by molar-refractivity contribution is -0.123. The first-order chi connectivity index (χ1) is 14.3. The fraction of sp³-hybridized carbons (Fsp3) is 0.286. The van der Waals surface area contributed by atoms with Crippen LogP contribution in [0.3, 0.4) is 0 Å². The van der Waals surface area contributed by atoms with Crippen molar-refractivity contribution in [1.29, 1.82) is 0 Å². The Kier molecular flexibility index (Phi) is 7.62. The molecule has 30 heavy (non-hydrogen) atoms. The van der Waals surface area contributed by atoms with Crippen LogP contribution in [0, 0.1) is 6.92 Å². The molecular weight excluding hydrogens is 390 g/mol. The molecule has 0 bridgehead atoms. The van der Waals surface area contributed by atoms with Gasteiger partial charge >= 0.3 is 0 Å². The highest BCUT2D eigenvalue weighted by Crippen LogP contribution is 2.38. The van der Waals surface area contributed by atoms with E-state index < -0.39 is 23.8 Å². The van der Waals surface area contributed by atoms with Gasteiger partial charge in [0.1, 0.15) is 6.04 Å². The summed E-state index contributed by atoms with van der Waals surface area (Å²) in [4.78, 5) is 36.9. The van der Waals surface area contributed by atoms with Gasteiger partial charge in [0.05, 0.1) is 21.3 Å². The standard InChI is InChI=1S/C21H25N3O6/c1-12-7-6-8-14(9-12)20(26)22-13(2)19(25)23-24-21(27)15-10-16(28-3)18(30-5)17(11-15)29-4/h6-11,13H,1-5H3,(H,22,26)(H,23,25)(H,24,27)/t13-/m0/s1. The highest BCUT2D eigenvalue weighted by atomic mass is 16.5. The summed E-state index contributed by atoms with van der Waals surface area (Å²) >= 11 is 0. The summed E-state index contributed by atoms with van der Waals surface area (Å²) in [6, 6.07) is 9.01. The van der Waals surface area contributed by atoms with E-state index in [0.717, 1.165) is 5.56 Å². The third-order valence-corrected chi connectivity index (χ3v) is 4.25. The number of rotatable bonds is 7. The molecular formula is C21H25N3O6. The van der Waals surface area contributed by atoms with E-state index >= 15 is 0 Å². The van der Waals surface area contributed by atoms with Crippen molar-refractivity contribution in [3.05, 3.63) is 53.1 Å². The van der Waals surface area contributed by atoms with Crippen molar-refractivity contribution in [2.45, 2.75) is 19.9 Å². The van der Waals surface area contributed by atoms with Crippen molar-refractivity contribution in [1.82, 2.24) is 16.2 Å². The monoisotopic (exact) mass is 415 g/mol. The van der Waals surface area contributed by atoms with Gasteiger partial charge in [-0.15, -0.1) is 0 Å². The van der Waals surface area contributed by atoms with Gasteiger partial charge < -0.3 is 19.5 Å². The van der Waals surface area contributed by atoms with Crippen molar-refractivity contribution in [2.24, 2.45) is 0 Å². The predicted molar refractivity (Wildman–Crippen MR) is 110 cm³/mol. The SMILES string of the molecule is COc1cc(C(=O)NNC(=O)[C@H](C)NC(=O)c2cccc(C)c2)cc(OC)c1OC. The van der Waals surface area contributed by atoms with Crippen LogP contribution in [0.5, 0.6) is 17.2 Å². The van der Waals surface area contributed by atoms with E-state index in [1.165, 1.54) is 40.4 Å². The minimum Gasteiger partial charge on any atom is -0.493 e. The molecule has 0 spiro atoms. The Morgan fingerprint density at radius 3 is 2.00 bits per heavy atom. The maximum atomic E-state index is 12.4. The number of nitrogens with one attached hydrogen (secondary N) is 3. The molecule has 0 aliphatic carbocycles. The number of hydrogen-bond donors (Lipinski definition) is 3. The second-order valence-corrected chi connectivity index (χ2v) is 6.42. The maximum Gasteiger partial charge on any atom is 0.269 e. The van der Waals surface area contributed by atoms with E-state index in [1.807, 2.05) is 13.0 Å². The van der Waals surface area contributed by atoms with Gasteiger partial charge in [-0.25, -0.2) is 0 Å². The van der Waals surface area contributed by atoms with Crippen LogP contribution in [0.25, 0.3) is 0 Å². The fourth-order valence-electron chi connectivity index (χ4n) is 2.64. The first kappa shape index (κ1) is 22.5. The number of ether oxygens (including phenoxy) is 3. The Labute approximate surface area is 174 Å². The molecule has 2 aromatic carbocycles. The molecule has 3 N–H and O–H groups in total. The molecule has 160 valence electrons. The van der Waals surface area contributed by atoms with Crippen LogP contribution in [0.4, 0.5) is 0 Å². The molecule has 0 aliphatic rings. The van der Waals surface area contributed by atoms with Gasteiger partial charge in [-0.2, -0.15) is 0 Å². The predicted octanol–water partition coefficient (Wildman–Crippen LogP) is 1.60. The summed E-state index contributed by atoms with van der Waals surface area (Å²) in [5.74, 6) is -0.638. The van der Waals surface area contributed by atoms with Crippen molar-refractivity contribution in [2.75, 3.05) is 21.3 Å². The molecule has 0 unspecified atom stereocenters. The first-order valence-electron chi connectivity index (χ1n) is 9.08. The Morgan fingerprint density at radius 2 is 1.47 bits per heavy atom. The second kappa shape index (κ2) is 10.1. The van der Waals surface area contributed by atoms with Crippen LogP contribution in [0.2, 0.25) is 0 Å². The van der Waals surface area contributed by atoms with E-state index in [2.05, 4.69) is 16.2 Å². The molecule has 2 aromatic rings. The minimum atomic E-state index is -0.877. The van der Waals surface area contributed by atoms with Crippen LogP contribution in [-0.2, 0) is 4.79 Å². The van der Waals surface area contributed by atoms with Gasteiger partial charge in [0.2, 0.25) is 5.75 Å². The number of hydrogen-bond acceptors (Lipinski definition) is 6. The Bertz CT molecular complexity index is 919. The number of aryl methyl sites for hydroxylation is 1. The highest BCUT2D eigenvalue weighted by molar-refractivity contribution is 5.99. The molecule has 2 rings (SSSR count). The molecule has 0 heterocycles. The Hall–Kier alpha value is -3.75. The molecule has 3 amide bonds. The molecule has 9 heteroatoms. The molecule has 0 aliphatic heterocycles. The molecule has 1 atom stereocenters. The van der Waals surface area contributed by atoms with Gasteiger partial charge in [0.15, 0.2) is 11.5 Å². The van der Waals surface area contributed by atoms with Crippen LogP contribution in [0.1, 0.15) is 33.2 Å². The molecule has 0 aromatic heterocycles. The Balaban J connectivity index is 2.00. The van der Waals surface area contributed by atoms with Crippen molar-refractivity contribution < 1.29 is 28.6 Å². The second-order valence-electron chi connectivity index (χ2n) is 6.42. The zero-order valence-corrected chi connectivity index (χ0v) is 17.5. The lowest BCUT2D eigenvalue weighted by Crippen LogP contribution is -2.51. The molecule has 0 saturated heterocycles. The maximum absolute atomic E-state index is 12.4. The average molecular weight is 415 g/mol. The molecule has 0 saturated carbocycles. The van der Waals surface area contributed by atoms with Crippen molar-refractivity contribution in [3.63, 3.8) is 0 Å². The third-order valence-electron chi connectivity index (χ3n) is 4.25. The largest absolute Gasteiger partial charge is 0.493 e. The first-order valence-corrected chi connectivity index (χ1v) is 9.08. The van der Waals surface area contributed by atoms with E-state index in [4.69, 9.17) is 14.2 Å². The zero-order chi connectivity index (χ0) is 22.3. The lowest BCUT2D eigenvalue weighted by Gasteiger charge is -2.16. The summed E-state index contributed by atoms with van der Waals surface area (Å²) in [5, 5.41) is 2.58. The summed E-state index contributed by atoms with van der Waals surface area (Å²) in [5.41, 5.74) is 6.14. The fourth-order valence-corrected chi connectivity index (χ4v) is 2.64. The van der Waals surface area contributed by atoms with Gasteiger partial charge in [-0.3, -0.25) is 25.2 Å². The number of hydrazine groups is 1. The average Bonchev–Trinajstić information content (AvgIpc) is 2.75. The van der Waals surface area contributed by atoms with E-state index in [9.17, 15) is 14.4 Å². The molecule has 9 nitrogen and oxygen atoms in total. The molecule has 0 fully saturated rings. The number of carbonyl (C=O) groups excluding carboxylic acids is 3. The number of methoxy groups -OCH3 is 3. The van der Waals surface area contributed by atoms with Crippen LogP contribution >= 0.6 is 0 Å². The van der Waals surface area contributed by atoms with Crippen molar-refractivity contribution >= 4 is 17.7 Å². The van der Waals surface area contributed by atoms with Crippen LogP contribution in [0.15, 0.2) is 36.4 Å². The summed E-state index contributed by atoms with van der Waals surface area (Å²) in [6.45, 7) is 3.38. The zero-order valence-electron chi connectivity index (χ0n) is 17.5. The lowest BCUT2D eigenvalue weighted by atomic mass is 10.1. The van der Waals surface area contributed by atoms with E-state index in [-0.39, 0.29) is 5.56 Å². The van der Waals surface area contributed by atoms with Crippen LogP contribution in [-0.4, -0.2) is 45.1 Å². The van der Waals surface area contributed by atoms with E-state index in [0.29, 0.717) is 22.8 Å². The summed E-state index contributed by atoms with van der Waals surface area (Å²) in [6.07, 6.45) is 0. The van der Waals surface area contributed by atoms with E-state index in [1.54, 1.807) is 18.2 Å². The minimum absolute atomic E-state index is 0.182.